The zero-order valence-corrected chi connectivity index (χ0v) is 14.4. The number of hydrogen-bond donors (Lipinski definition) is 1. The van der Waals surface area contributed by atoms with Crippen molar-refractivity contribution < 1.29 is 0 Å². The number of halogens is 1. The lowest BCUT2D eigenvalue weighted by molar-refractivity contribution is 0.0992. The van der Waals surface area contributed by atoms with Crippen LogP contribution in [-0.4, -0.2) is 35.1 Å². The summed E-state index contributed by atoms with van der Waals surface area (Å²) in [6.07, 6.45) is 6.26. The molecule has 2 rings (SSSR count). The van der Waals surface area contributed by atoms with Gasteiger partial charge >= 0.3 is 0 Å². The molecule has 4 heteroatoms. The summed E-state index contributed by atoms with van der Waals surface area (Å²) in [5.41, 5.74) is 1.29. The van der Waals surface area contributed by atoms with E-state index in [2.05, 4.69) is 58.0 Å². The molecule has 112 valence electrons. The van der Waals surface area contributed by atoms with E-state index in [0.717, 1.165) is 30.0 Å². The molecule has 3 nitrogen and oxygen atoms in total. The van der Waals surface area contributed by atoms with Gasteiger partial charge in [-0.25, -0.2) is 0 Å². The number of nitrogens with one attached hydrogen (secondary N) is 1. The largest absolute Gasteiger partial charge is 0.311 e. The molecule has 1 N–H and O–H groups in total. The van der Waals surface area contributed by atoms with Crippen LogP contribution in [0, 0.1) is 5.92 Å². The van der Waals surface area contributed by atoms with Gasteiger partial charge in [-0.15, -0.1) is 0 Å². The predicted octanol–water partition coefficient (Wildman–Crippen LogP) is 3.44. The zero-order valence-electron chi connectivity index (χ0n) is 12.8. The predicted molar refractivity (Wildman–Crippen MR) is 87.7 cm³/mol. The molecule has 1 saturated heterocycles. The Morgan fingerprint density at radius 1 is 1.45 bits per heavy atom. The van der Waals surface area contributed by atoms with Gasteiger partial charge in [-0.05, 0) is 39.9 Å². The van der Waals surface area contributed by atoms with Gasteiger partial charge in [-0.3, -0.25) is 9.88 Å². The molecule has 1 fully saturated rings. The van der Waals surface area contributed by atoms with E-state index in [1.54, 1.807) is 0 Å². The Kier molecular flexibility index (Phi) is 6.00. The molecule has 3 atom stereocenters. The second kappa shape index (κ2) is 7.53. The molecule has 0 spiro atoms. The zero-order chi connectivity index (χ0) is 14.5. The quantitative estimate of drug-likeness (QED) is 0.890. The van der Waals surface area contributed by atoms with Crippen molar-refractivity contribution in [1.29, 1.82) is 0 Å². The molecule has 1 aromatic heterocycles. The molecule has 1 aliphatic heterocycles. The molecule has 0 aromatic carbocycles. The van der Waals surface area contributed by atoms with Crippen LogP contribution in [0.3, 0.4) is 0 Å². The summed E-state index contributed by atoms with van der Waals surface area (Å²) in [7, 11) is 0. The molecule has 20 heavy (non-hydrogen) atoms. The van der Waals surface area contributed by atoms with Crippen molar-refractivity contribution in [1.82, 2.24) is 15.2 Å². The first-order chi connectivity index (χ1) is 9.63. The molecule has 0 amide bonds. The first kappa shape index (κ1) is 15.9. The highest BCUT2D eigenvalue weighted by Crippen LogP contribution is 2.20. The Hall–Kier alpha value is -0.450. The van der Waals surface area contributed by atoms with Crippen molar-refractivity contribution in [2.24, 2.45) is 5.92 Å². The fraction of sp³-hybridized carbons (Fsp3) is 0.688. The average molecular weight is 340 g/mol. The summed E-state index contributed by atoms with van der Waals surface area (Å²) in [5.74, 6) is 0.732. The van der Waals surface area contributed by atoms with Gasteiger partial charge in [-0.2, -0.15) is 0 Å². The highest BCUT2D eigenvalue weighted by molar-refractivity contribution is 9.10. The summed E-state index contributed by atoms with van der Waals surface area (Å²) in [4.78, 5) is 6.90. The van der Waals surface area contributed by atoms with Crippen LogP contribution in [0.25, 0.3) is 0 Å². The number of pyridine rings is 1. The lowest BCUT2D eigenvalue weighted by Gasteiger charge is -2.42. The van der Waals surface area contributed by atoms with Gasteiger partial charge < -0.3 is 5.32 Å². The van der Waals surface area contributed by atoms with E-state index >= 15 is 0 Å². The standard InChI is InChI=1S/C16H26BrN3/c1-4-12(3)16-11-20(15(5-2)9-19-16)10-13-6-14(17)8-18-7-13/h6-8,12,15-16,19H,4-5,9-11H2,1-3H3. The van der Waals surface area contributed by atoms with Crippen LogP contribution >= 0.6 is 15.9 Å². The van der Waals surface area contributed by atoms with Crippen LogP contribution in [-0.2, 0) is 6.54 Å². The molecule has 0 saturated carbocycles. The lowest BCUT2D eigenvalue weighted by atomic mass is 9.94. The molecule has 0 radical (unpaired) electrons. The van der Waals surface area contributed by atoms with Crippen LogP contribution in [0.2, 0.25) is 0 Å². The van der Waals surface area contributed by atoms with Crippen molar-refractivity contribution in [3.8, 4) is 0 Å². The molecule has 0 bridgehead atoms. The Balaban J connectivity index is 2.05. The van der Waals surface area contributed by atoms with Crippen molar-refractivity contribution in [2.75, 3.05) is 13.1 Å². The maximum Gasteiger partial charge on any atom is 0.0410 e. The first-order valence-electron chi connectivity index (χ1n) is 7.70. The number of hydrogen-bond acceptors (Lipinski definition) is 3. The fourth-order valence-electron chi connectivity index (χ4n) is 2.92. The number of piperazine rings is 1. The number of nitrogens with zero attached hydrogens (tertiary/aromatic N) is 2. The maximum absolute atomic E-state index is 4.28. The van der Waals surface area contributed by atoms with Crippen LogP contribution in [0.5, 0.6) is 0 Å². The Morgan fingerprint density at radius 3 is 2.90 bits per heavy atom. The van der Waals surface area contributed by atoms with Gasteiger partial charge in [0.05, 0.1) is 0 Å². The minimum Gasteiger partial charge on any atom is -0.311 e. The highest BCUT2D eigenvalue weighted by atomic mass is 79.9. The van der Waals surface area contributed by atoms with E-state index in [9.17, 15) is 0 Å². The molecular weight excluding hydrogens is 314 g/mol. The summed E-state index contributed by atoms with van der Waals surface area (Å²) in [5, 5.41) is 3.73. The van der Waals surface area contributed by atoms with Crippen LogP contribution in [0.15, 0.2) is 22.9 Å². The van der Waals surface area contributed by atoms with Gasteiger partial charge in [0.15, 0.2) is 0 Å². The van der Waals surface area contributed by atoms with Gasteiger partial charge in [0.2, 0.25) is 0 Å². The van der Waals surface area contributed by atoms with E-state index in [1.165, 1.54) is 18.4 Å². The molecule has 1 aliphatic rings. The molecule has 0 aliphatic carbocycles. The minimum absolute atomic E-state index is 0.614. The first-order valence-corrected chi connectivity index (χ1v) is 8.50. The van der Waals surface area contributed by atoms with E-state index in [4.69, 9.17) is 0 Å². The molecule has 2 heterocycles. The molecular formula is C16H26BrN3. The third kappa shape index (κ3) is 4.03. The average Bonchev–Trinajstić information content (AvgIpc) is 2.46. The van der Waals surface area contributed by atoms with E-state index in [-0.39, 0.29) is 0 Å². The maximum atomic E-state index is 4.28. The third-order valence-electron chi connectivity index (χ3n) is 4.51. The van der Waals surface area contributed by atoms with Gasteiger partial charge in [0.1, 0.15) is 0 Å². The normalized spacial score (nSPS) is 25.6. The van der Waals surface area contributed by atoms with Gasteiger partial charge in [0.25, 0.3) is 0 Å². The Labute approximate surface area is 131 Å². The highest BCUT2D eigenvalue weighted by Gasteiger charge is 2.29. The minimum atomic E-state index is 0.614. The van der Waals surface area contributed by atoms with Gasteiger partial charge in [-0.1, -0.05) is 27.2 Å². The van der Waals surface area contributed by atoms with Crippen molar-refractivity contribution >= 4 is 15.9 Å². The summed E-state index contributed by atoms with van der Waals surface area (Å²) in [6.45, 7) is 10.2. The monoisotopic (exact) mass is 339 g/mol. The van der Waals surface area contributed by atoms with Crippen molar-refractivity contribution in [2.45, 2.75) is 52.2 Å². The van der Waals surface area contributed by atoms with Crippen LogP contribution in [0.1, 0.15) is 39.2 Å². The third-order valence-corrected chi connectivity index (χ3v) is 4.95. The Morgan fingerprint density at radius 2 is 2.25 bits per heavy atom. The fourth-order valence-corrected chi connectivity index (χ4v) is 3.33. The lowest BCUT2D eigenvalue weighted by Crippen LogP contribution is -2.57. The summed E-state index contributed by atoms with van der Waals surface area (Å²) >= 11 is 3.51. The van der Waals surface area contributed by atoms with E-state index < -0.39 is 0 Å². The van der Waals surface area contributed by atoms with E-state index in [0.29, 0.717) is 12.1 Å². The van der Waals surface area contributed by atoms with Gasteiger partial charge in [0, 0.05) is 48.6 Å². The second-order valence-electron chi connectivity index (χ2n) is 5.90. The SMILES string of the molecule is CCC(C)C1CN(Cc2cncc(Br)c2)C(CC)CN1. The van der Waals surface area contributed by atoms with Crippen molar-refractivity contribution in [3.63, 3.8) is 0 Å². The Bertz CT molecular complexity index is 424. The summed E-state index contributed by atoms with van der Waals surface area (Å²) < 4.78 is 1.07. The smallest absolute Gasteiger partial charge is 0.0410 e. The van der Waals surface area contributed by atoms with E-state index in [1.807, 2.05) is 12.4 Å². The van der Waals surface area contributed by atoms with Crippen molar-refractivity contribution in [3.05, 3.63) is 28.5 Å². The topological polar surface area (TPSA) is 28.2 Å². The number of aromatic nitrogens is 1. The summed E-state index contributed by atoms with van der Waals surface area (Å²) in [6, 6.07) is 3.43. The van der Waals surface area contributed by atoms with Crippen LogP contribution in [0.4, 0.5) is 0 Å². The number of rotatable bonds is 5. The van der Waals surface area contributed by atoms with Crippen LogP contribution < -0.4 is 5.32 Å². The molecule has 1 aromatic rings. The second-order valence-corrected chi connectivity index (χ2v) is 6.82. The molecule has 3 unspecified atom stereocenters.